The number of hydrogen-bond donors (Lipinski definition) is 1. The lowest BCUT2D eigenvalue weighted by molar-refractivity contribution is 0.408. The highest BCUT2D eigenvalue weighted by Crippen LogP contribution is 2.29. The summed E-state index contributed by atoms with van der Waals surface area (Å²) in [7, 11) is 1.73. The van der Waals surface area contributed by atoms with Gasteiger partial charge in [-0.3, -0.25) is 0 Å². The van der Waals surface area contributed by atoms with E-state index in [2.05, 4.69) is 25.1 Å². The van der Waals surface area contributed by atoms with E-state index in [1.807, 2.05) is 0 Å². The zero-order chi connectivity index (χ0) is 13.0. The van der Waals surface area contributed by atoms with Crippen LogP contribution in [0.2, 0.25) is 0 Å². The fraction of sp³-hybridized carbons (Fsp3) is 0.625. The minimum absolute atomic E-state index is 0.325. The summed E-state index contributed by atoms with van der Waals surface area (Å²) >= 11 is 0. The first kappa shape index (κ1) is 13.4. The zero-order valence-electron chi connectivity index (χ0n) is 11.6. The first-order valence-electron chi connectivity index (χ1n) is 7.16. The predicted octanol–water partition coefficient (Wildman–Crippen LogP) is 3.32. The molecule has 1 aliphatic rings. The second kappa shape index (κ2) is 6.24. The highest BCUT2D eigenvalue weighted by atomic mass is 16.5. The Morgan fingerprint density at radius 1 is 1.33 bits per heavy atom. The number of ether oxygens (including phenoxy) is 1. The van der Waals surface area contributed by atoms with Crippen molar-refractivity contribution in [3.63, 3.8) is 0 Å². The number of benzene rings is 1. The van der Waals surface area contributed by atoms with Crippen molar-refractivity contribution in [3.8, 4) is 5.75 Å². The number of hydrogen-bond acceptors (Lipinski definition) is 2. The lowest BCUT2D eigenvalue weighted by Crippen LogP contribution is -2.30. The summed E-state index contributed by atoms with van der Waals surface area (Å²) in [6.07, 6.45) is 7.37. The molecule has 1 fully saturated rings. The van der Waals surface area contributed by atoms with Gasteiger partial charge in [-0.25, -0.2) is 0 Å². The average Bonchev–Trinajstić information content (AvgIpc) is 2.92. The Labute approximate surface area is 111 Å². The van der Waals surface area contributed by atoms with Crippen LogP contribution >= 0.6 is 0 Å². The summed E-state index contributed by atoms with van der Waals surface area (Å²) in [5, 5.41) is 0. The van der Waals surface area contributed by atoms with Crippen molar-refractivity contribution in [1.29, 1.82) is 0 Å². The Bertz CT molecular complexity index is 383. The second-order valence-electron chi connectivity index (χ2n) is 5.41. The van der Waals surface area contributed by atoms with Gasteiger partial charge in [-0.15, -0.1) is 0 Å². The van der Waals surface area contributed by atoms with Gasteiger partial charge < -0.3 is 10.5 Å². The summed E-state index contributed by atoms with van der Waals surface area (Å²) in [6.45, 7) is 2.17. The first-order valence-corrected chi connectivity index (χ1v) is 7.16. The van der Waals surface area contributed by atoms with Crippen molar-refractivity contribution >= 4 is 0 Å². The molecule has 0 aliphatic heterocycles. The highest BCUT2D eigenvalue weighted by molar-refractivity contribution is 5.37. The number of aryl methyl sites for hydroxylation is 1. The van der Waals surface area contributed by atoms with Crippen molar-refractivity contribution < 1.29 is 4.74 Å². The third kappa shape index (κ3) is 3.05. The van der Waals surface area contributed by atoms with E-state index in [-0.39, 0.29) is 0 Å². The van der Waals surface area contributed by atoms with Crippen LogP contribution in [0.1, 0.15) is 43.7 Å². The third-order valence-corrected chi connectivity index (χ3v) is 4.20. The Morgan fingerprint density at radius 2 is 2.06 bits per heavy atom. The summed E-state index contributed by atoms with van der Waals surface area (Å²) in [5.74, 6) is 1.73. The molecule has 2 heteroatoms. The van der Waals surface area contributed by atoms with E-state index in [1.165, 1.54) is 36.8 Å². The first-order chi connectivity index (χ1) is 8.74. The maximum Gasteiger partial charge on any atom is 0.122 e. The molecule has 1 aromatic carbocycles. The van der Waals surface area contributed by atoms with Crippen molar-refractivity contribution in [1.82, 2.24) is 0 Å². The zero-order valence-corrected chi connectivity index (χ0v) is 11.6. The molecule has 0 saturated heterocycles. The Hall–Kier alpha value is -1.02. The molecule has 2 N–H and O–H groups in total. The summed E-state index contributed by atoms with van der Waals surface area (Å²) in [6, 6.07) is 6.82. The molecule has 0 amide bonds. The largest absolute Gasteiger partial charge is 0.496 e. The second-order valence-corrected chi connectivity index (χ2v) is 5.41. The molecule has 0 heterocycles. The van der Waals surface area contributed by atoms with Gasteiger partial charge in [0.15, 0.2) is 0 Å². The van der Waals surface area contributed by atoms with Gasteiger partial charge in [-0.2, -0.15) is 0 Å². The van der Waals surface area contributed by atoms with Crippen LogP contribution in [-0.4, -0.2) is 13.2 Å². The van der Waals surface area contributed by atoms with Gasteiger partial charge >= 0.3 is 0 Å². The van der Waals surface area contributed by atoms with Gasteiger partial charge in [0.05, 0.1) is 7.11 Å². The van der Waals surface area contributed by atoms with Gasteiger partial charge in [0.1, 0.15) is 5.75 Å². The third-order valence-electron chi connectivity index (χ3n) is 4.20. The molecule has 0 bridgehead atoms. The van der Waals surface area contributed by atoms with Crippen LogP contribution in [0, 0.1) is 5.92 Å². The van der Waals surface area contributed by atoms with Crippen LogP contribution in [0.4, 0.5) is 0 Å². The van der Waals surface area contributed by atoms with Crippen molar-refractivity contribution in [2.24, 2.45) is 11.7 Å². The molecule has 18 heavy (non-hydrogen) atoms. The van der Waals surface area contributed by atoms with E-state index in [4.69, 9.17) is 10.5 Å². The van der Waals surface area contributed by atoms with Gasteiger partial charge in [0.2, 0.25) is 0 Å². The molecule has 2 rings (SSSR count). The maximum atomic E-state index is 6.34. The molecular weight excluding hydrogens is 222 g/mol. The van der Waals surface area contributed by atoms with E-state index >= 15 is 0 Å². The quantitative estimate of drug-likeness (QED) is 0.866. The van der Waals surface area contributed by atoms with Crippen LogP contribution < -0.4 is 10.5 Å². The Kier molecular flexibility index (Phi) is 4.65. The molecule has 1 atom stereocenters. The molecule has 100 valence electrons. The number of methoxy groups -OCH3 is 1. The minimum atomic E-state index is 0.325. The topological polar surface area (TPSA) is 35.2 Å². The molecule has 0 spiro atoms. The molecule has 1 aromatic rings. The standard InChI is InChI=1S/C16H25NO/c1-3-13-10-12(8-9-16(13)18-2)11-15(17)14-6-4-5-7-14/h8-10,14-15H,3-7,11,17H2,1-2H3. The van der Waals surface area contributed by atoms with E-state index in [1.54, 1.807) is 7.11 Å². The molecular formula is C16H25NO. The van der Waals surface area contributed by atoms with Gasteiger partial charge in [0.25, 0.3) is 0 Å². The van der Waals surface area contributed by atoms with Crippen LogP contribution in [0.5, 0.6) is 5.75 Å². The van der Waals surface area contributed by atoms with Crippen molar-refractivity contribution in [2.45, 2.75) is 51.5 Å². The van der Waals surface area contributed by atoms with E-state index in [0.717, 1.165) is 24.5 Å². The van der Waals surface area contributed by atoms with E-state index in [0.29, 0.717) is 6.04 Å². The van der Waals surface area contributed by atoms with E-state index < -0.39 is 0 Å². The monoisotopic (exact) mass is 247 g/mol. The van der Waals surface area contributed by atoms with Crippen LogP contribution in [-0.2, 0) is 12.8 Å². The fourth-order valence-corrected chi connectivity index (χ4v) is 3.06. The van der Waals surface area contributed by atoms with Crippen LogP contribution in [0.15, 0.2) is 18.2 Å². The van der Waals surface area contributed by atoms with Gasteiger partial charge in [0, 0.05) is 6.04 Å². The molecule has 1 unspecified atom stereocenters. The molecule has 0 aromatic heterocycles. The highest BCUT2D eigenvalue weighted by Gasteiger charge is 2.22. The summed E-state index contributed by atoms with van der Waals surface area (Å²) < 4.78 is 5.36. The van der Waals surface area contributed by atoms with Crippen molar-refractivity contribution in [2.75, 3.05) is 7.11 Å². The molecule has 1 saturated carbocycles. The van der Waals surface area contributed by atoms with Crippen LogP contribution in [0.25, 0.3) is 0 Å². The SMILES string of the molecule is CCc1cc(CC(N)C2CCCC2)ccc1OC. The Balaban J connectivity index is 2.04. The molecule has 1 aliphatic carbocycles. The fourth-order valence-electron chi connectivity index (χ4n) is 3.06. The average molecular weight is 247 g/mol. The molecule has 2 nitrogen and oxygen atoms in total. The van der Waals surface area contributed by atoms with Gasteiger partial charge in [-0.05, 0) is 48.8 Å². The smallest absolute Gasteiger partial charge is 0.122 e. The predicted molar refractivity (Wildman–Crippen MR) is 76.0 cm³/mol. The van der Waals surface area contributed by atoms with E-state index in [9.17, 15) is 0 Å². The van der Waals surface area contributed by atoms with Crippen molar-refractivity contribution in [3.05, 3.63) is 29.3 Å². The summed E-state index contributed by atoms with van der Waals surface area (Å²) in [5.41, 5.74) is 8.98. The minimum Gasteiger partial charge on any atom is -0.496 e. The maximum absolute atomic E-state index is 6.34. The Morgan fingerprint density at radius 3 is 2.67 bits per heavy atom. The normalized spacial score (nSPS) is 17.9. The van der Waals surface area contributed by atoms with Crippen LogP contribution in [0.3, 0.4) is 0 Å². The van der Waals surface area contributed by atoms with Gasteiger partial charge in [-0.1, -0.05) is 31.9 Å². The number of rotatable bonds is 5. The lowest BCUT2D eigenvalue weighted by Gasteiger charge is -2.19. The lowest BCUT2D eigenvalue weighted by atomic mass is 9.92. The number of nitrogens with two attached hydrogens (primary N) is 1. The summed E-state index contributed by atoms with van der Waals surface area (Å²) in [4.78, 5) is 0. The molecule has 0 radical (unpaired) electrons.